The second kappa shape index (κ2) is 10.3. The van der Waals surface area contributed by atoms with Gasteiger partial charge in [-0.05, 0) is 83.6 Å². The molecule has 5 nitrogen and oxygen atoms in total. The van der Waals surface area contributed by atoms with E-state index in [1.54, 1.807) is 0 Å². The Morgan fingerprint density at radius 3 is 1.88 bits per heavy atom. The van der Waals surface area contributed by atoms with Gasteiger partial charge in [0.15, 0.2) is 5.82 Å². The molecule has 56 heavy (non-hydrogen) atoms. The Hall–Kier alpha value is -7.28. The molecular formula is C50H26N4OS. The minimum absolute atomic E-state index is 0.797. The lowest BCUT2D eigenvalue weighted by Crippen LogP contribution is -2.04. The first-order valence-electron chi connectivity index (χ1n) is 18.9. The van der Waals surface area contributed by atoms with Crippen molar-refractivity contribution in [2.45, 2.75) is 0 Å². The molecule has 0 bridgehead atoms. The maximum absolute atomic E-state index is 6.43. The Morgan fingerprint density at radius 2 is 1.00 bits per heavy atom. The largest absolute Gasteiger partial charge is 0.456 e. The standard InChI is InChI=1S/C50H26N4OS/c1-2-11-27(12-3-1)53-34-19-8-14-28-29-15-10-22-40-44(29)48-41(56-40)26-25-37-47(48)46-36(24-23-35(53)45(46)43(28)34)54(37)50-49(51-32-17-5-6-18-33(32)52-50)31-16-9-21-39-42(31)30-13-4-7-20-38(30)55-39/h1-26H. The van der Waals surface area contributed by atoms with Crippen LogP contribution >= 0.6 is 11.3 Å². The molecule has 0 radical (unpaired) electrons. The van der Waals surface area contributed by atoms with Crippen LogP contribution in [0.1, 0.15) is 0 Å². The third-order valence-electron chi connectivity index (χ3n) is 12.0. The number of benzene rings is 8. The Bertz CT molecular complexity index is 3940. The fourth-order valence-electron chi connectivity index (χ4n) is 9.88. The summed E-state index contributed by atoms with van der Waals surface area (Å²) in [6, 6.07) is 56.5. The van der Waals surface area contributed by atoms with Crippen LogP contribution in [-0.4, -0.2) is 19.1 Å². The normalized spacial score (nSPS) is 12.6. The smallest absolute Gasteiger partial charge is 0.165 e. The maximum atomic E-state index is 6.43. The number of hydrogen-bond donors (Lipinski definition) is 0. The van der Waals surface area contributed by atoms with Gasteiger partial charge in [0.1, 0.15) is 16.9 Å². The van der Waals surface area contributed by atoms with E-state index in [0.29, 0.717) is 0 Å². The van der Waals surface area contributed by atoms with Crippen LogP contribution in [0.5, 0.6) is 0 Å². The van der Waals surface area contributed by atoms with Gasteiger partial charge in [-0.25, -0.2) is 9.97 Å². The number of thiophene rings is 1. The van der Waals surface area contributed by atoms with Crippen molar-refractivity contribution in [1.29, 1.82) is 0 Å². The van der Waals surface area contributed by atoms with E-state index in [0.717, 1.165) is 66.8 Å². The summed E-state index contributed by atoms with van der Waals surface area (Å²) in [7, 11) is 0. The van der Waals surface area contributed by atoms with Crippen LogP contribution in [0.3, 0.4) is 0 Å². The zero-order valence-corrected chi connectivity index (χ0v) is 30.4. The Morgan fingerprint density at radius 1 is 0.393 bits per heavy atom. The number of fused-ring (bicyclic) bond motifs is 5. The molecule has 0 atom stereocenters. The Kier molecular flexibility index (Phi) is 5.34. The van der Waals surface area contributed by atoms with Crippen molar-refractivity contribution in [3.63, 3.8) is 0 Å². The summed E-state index contributed by atoms with van der Waals surface area (Å²) >= 11 is 1.88. The number of aromatic nitrogens is 4. The van der Waals surface area contributed by atoms with Gasteiger partial charge < -0.3 is 8.98 Å². The molecule has 0 saturated carbocycles. The quantitative estimate of drug-likeness (QED) is 0.182. The molecule has 0 fully saturated rings. The summed E-state index contributed by atoms with van der Waals surface area (Å²) < 4.78 is 13.9. The summed E-state index contributed by atoms with van der Waals surface area (Å²) in [5, 5.41) is 12.3. The highest BCUT2D eigenvalue weighted by Gasteiger charge is 2.28. The molecule has 0 aliphatic carbocycles. The fraction of sp³-hybridized carbons (Fsp3) is 0. The van der Waals surface area contributed by atoms with Gasteiger partial charge in [0.05, 0.1) is 33.1 Å². The Labute approximate surface area is 321 Å². The van der Waals surface area contributed by atoms with Crippen LogP contribution in [0, 0.1) is 0 Å². The lowest BCUT2D eigenvalue weighted by atomic mass is 9.95. The first-order chi connectivity index (χ1) is 27.8. The van der Waals surface area contributed by atoms with Gasteiger partial charge in [0.25, 0.3) is 0 Å². The lowest BCUT2D eigenvalue weighted by Gasteiger charge is -2.14. The van der Waals surface area contributed by atoms with Crippen LogP contribution in [-0.2, 0) is 0 Å². The molecule has 0 N–H and O–H groups in total. The zero-order valence-electron chi connectivity index (χ0n) is 29.6. The third-order valence-corrected chi connectivity index (χ3v) is 13.2. The van der Waals surface area contributed by atoms with Crippen LogP contribution < -0.4 is 0 Å². The van der Waals surface area contributed by atoms with Gasteiger partial charge >= 0.3 is 0 Å². The summed E-state index contributed by atoms with van der Waals surface area (Å²) in [6.07, 6.45) is 0. The van der Waals surface area contributed by atoms with Crippen LogP contribution in [0.15, 0.2) is 162 Å². The highest BCUT2D eigenvalue weighted by Crippen LogP contribution is 2.52. The van der Waals surface area contributed by atoms with Crippen molar-refractivity contribution in [3.8, 4) is 22.8 Å². The number of nitrogens with zero attached hydrogens (tertiary/aromatic N) is 4. The topological polar surface area (TPSA) is 48.8 Å². The highest BCUT2D eigenvalue weighted by molar-refractivity contribution is 7.26. The average molecular weight is 731 g/mol. The second-order valence-electron chi connectivity index (χ2n) is 14.8. The van der Waals surface area contributed by atoms with E-state index in [1.165, 1.54) is 63.5 Å². The van der Waals surface area contributed by atoms with Crippen molar-refractivity contribution < 1.29 is 4.42 Å². The lowest BCUT2D eigenvalue weighted by molar-refractivity contribution is 0.669. The molecule has 0 spiro atoms. The molecule has 0 aliphatic rings. The molecule has 0 saturated heterocycles. The van der Waals surface area contributed by atoms with Crippen molar-refractivity contribution in [3.05, 3.63) is 158 Å². The number of para-hydroxylation sites is 4. The highest BCUT2D eigenvalue weighted by atomic mass is 32.1. The zero-order chi connectivity index (χ0) is 36.2. The van der Waals surface area contributed by atoms with Gasteiger partial charge in [-0.3, -0.25) is 4.57 Å². The predicted octanol–water partition coefficient (Wildman–Crippen LogP) is 13.8. The molecule has 6 heteroatoms. The molecule has 9 aromatic carbocycles. The van der Waals surface area contributed by atoms with Gasteiger partial charge in [-0.15, -0.1) is 11.3 Å². The second-order valence-corrected chi connectivity index (χ2v) is 15.9. The van der Waals surface area contributed by atoms with Crippen molar-refractivity contribution in [1.82, 2.24) is 19.1 Å². The molecule has 14 aromatic rings. The maximum Gasteiger partial charge on any atom is 0.165 e. The molecule has 5 heterocycles. The molecule has 258 valence electrons. The number of furan rings is 1. The molecule has 14 rings (SSSR count). The van der Waals surface area contributed by atoms with E-state index in [9.17, 15) is 0 Å². The molecular weight excluding hydrogens is 705 g/mol. The molecule has 0 unspecified atom stereocenters. The van der Waals surface area contributed by atoms with Crippen LogP contribution in [0.2, 0.25) is 0 Å². The van der Waals surface area contributed by atoms with Crippen molar-refractivity contribution in [2.24, 2.45) is 0 Å². The molecule has 5 aromatic heterocycles. The minimum atomic E-state index is 0.797. The van der Waals surface area contributed by atoms with Gasteiger partial charge in [0, 0.05) is 63.7 Å². The molecule has 0 amide bonds. The summed E-state index contributed by atoms with van der Waals surface area (Å²) in [4.78, 5) is 11.1. The minimum Gasteiger partial charge on any atom is -0.456 e. The van der Waals surface area contributed by atoms with Crippen molar-refractivity contribution >= 4 is 119 Å². The summed E-state index contributed by atoms with van der Waals surface area (Å²) in [6.45, 7) is 0. The van der Waals surface area contributed by atoms with Crippen LogP contribution in [0.4, 0.5) is 0 Å². The van der Waals surface area contributed by atoms with E-state index in [2.05, 4.69) is 143 Å². The summed E-state index contributed by atoms with van der Waals surface area (Å²) in [5.41, 5.74) is 11.0. The van der Waals surface area contributed by atoms with Gasteiger partial charge in [0.2, 0.25) is 0 Å². The number of rotatable bonds is 3. The fourth-order valence-corrected chi connectivity index (χ4v) is 11.0. The SMILES string of the molecule is c1ccc(-n2c3cccc4c5cccc6sc7ccc8c(c7c65)c5c(c43)c2ccc5n8-c2nc3ccccc3nc2-c2cccc3oc4ccccc4c23)cc1. The Balaban J connectivity index is 1.25. The van der Waals surface area contributed by atoms with E-state index < -0.39 is 0 Å². The number of hydrogen-bond acceptors (Lipinski definition) is 4. The van der Waals surface area contributed by atoms with E-state index >= 15 is 0 Å². The van der Waals surface area contributed by atoms with E-state index in [4.69, 9.17) is 14.4 Å². The predicted molar refractivity (Wildman–Crippen MR) is 234 cm³/mol. The first kappa shape index (κ1) is 29.1. The molecule has 0 aliphatic heterocycles. The third kappa shape index (κ3) is 3.51. The summed E-state index contributed by atoms with van der Waals surface area (Å²) in [5.74, 6) is 0.797. The van der Waals surface area contributed by atoms with Gasteiger partial charge in [-0.1, -0.05) is 84.9 Å². The average Bonchev–Trinajstić information content (AvgIpc) is 4.00. The van der Waals surface area contributed by atoms with Gasteiger partial charge in [-0.2, -0.15) is 0 Å². The first-order valence-corrected chi connectivity index (χ1v) is 19.7. The van der Waals surface area contributed by atoms with E-state index in [-0.39, 0.29) is 0 Å². The van der Waals surface area contributed by atoms with Crippen LogP contribution in [0.25, 0.3) is 130 Å². The van der Waals surface area contributed by atoms with E-state index in [1.807, 2.05) is 35.6 Å². The monoisotopic (exact) mass is 730 g/mol. The van der Waals surface area contributed by atoms with Crippen molar-refractivity contribution in [2.75, 3.05) is 0 Å².